The number of hydrogen-bond acceptors (Lipinski definition) is 1. The molecule has 0 saturated carbocycles. The molecule has 90 valence electrons. The highest BCUT2D eigenvalue weighted by atomic mass is 14.7. The van der Waals surface area contributed by atoms with Crippen molar-refractivity contribution in [1.82, 2.24) is 0 Å². The minimum atomic E-state index is 0.236. The minimum absolute atomic E-state index is 0.236. The van der Waals surface area contributed by atoms with Gasteiger partial charge in [-0.3, -0.25) is 0 Å². The summed E-state index contributed by atoms with van der Waals surface area (Å²) in [6, 6.07) is 4.75. The highest BCUT2D eigenvalue weighted by Crippen LogP contribution is 2.29. The fraction of sp³-hybridized carbons (Fsp3) is 0.600. The van der Waals surface area contributed by atoms with Crippen LogP contribution in [0, 0.1) is 26.7 Å². The molecule has 1 aromatic carbocycles. The van der Waals surface area contributed by atoms with E-state index >= 15 is 0 Å². The normalized spacial score (nSPS) is 15.2. The highest BCUT2D eigenvalue weighted by molar-refractivity contribution is 5.40. The molecule has 0 saturated heterocycles. The van der Waals surface area contributed by atoms with Gasteiger partial charge < -0.3 is 5.73 Å². The molecule has 1 heteroatoms. The zero-order chi connectivity index (χ0) is 12.5. The SMILES string of the molecule is Cc1cc(C)c(C(C)C(N)C(C)C)c(C)c1. The summed E-state index contributed by atoms with van der Waals surface area (Å²) in [6.45, 7) is 13.2. The predicted octanol–water partition coefficient (Wildman–Crippen LogP) is 3.70. The van der Waals surface area contributed by atoms with Crippen LogP contribution in [-0.2, 0) is 0 Å². The number of nitrogens with two attached hydrogens (primary N) is 1. The van der Waals surface area contributed by atoms with Gasteiger partial charge in [-0.1, -0.05) is 38.5 Å². The lowest BCUT2D eigenvalue weighted by Crippen LogP contribution is -2.32. The van der Waals surface area contributed by atoms with Crippen molar-refractivity contribution in [1.29, 1.82) is 0 Å². The van der Waals surface area contributed by atoms with E-state index < -0.39 is 0 Å². The van der Waals surface area contributed by atoms with Gasteiger partial charge in [-0.25, -0.2) is 0 Å². The van der Waals surface area contributed by atoms with Crippen molar-refractivity contribution in [2.75, 3.05) is 0 Å². The maximum Gasteiger partial charge on any atom is 0.0129 e. The smallest absolute Gasteiger partial charge is 0.0129 e. The van der Waals surface area contributed by atoms with Crippen molar-refractivity contribution in [3.63, 3.8) is 0 Å². The fourth-order valence-corrected chi connectivity index (χ4v) is 2.68. The fourth-order valence-electron chi connectivity index (χ4n) is 2.68. The van der Waals surface area contributed by atoms with Crippen LogP contribution in [0.15, 0.2) is 12.1 Å². The van der Waals surface area contributed by atoms with Gasteiger partial charge in [-0.2, -0.15) is 0 Å². The molecular formula is C15H25N. The van der Waals surface area contributed by atoms with Crippen LogP contribution < -0.4 is 5.73 Å². The Morgan fingerprint density at radius 2 is 1.38 bits per heavy atom. The standard InChI is InChI=1S/C15H25N/c1-9(2)15(16)13(6)14-11(4)7-10(3)8-12(14)5/h7-9,13,15H,16H2,1-6H3. The lowest BCUT2D eigenvalue weighted by atomic mass is 9.82. The summed E-state index contributed by atoms with van der Waals surface area (Å²) in [5, 5.41) is 0. The van der Waals surface area contributed by atoms with E-state index in [9.17, 15) is 0 Å². The summed E-state index contributed by atoms with van der Waals surface area (Å²) in [7, 11) is 0. The van der Waals surface area contributed by atoms with Gasteiger partial charge in [0.15, 0.2) is 0 Å². The topological polar surface area (TPSA) is 26.0 Å². The van der Waals surface area contributed by atoms with Gasteiger partial charge in [-0.05, 0) is 49.3 Å². The Balaban J connectivity index is 3.13. The van der Waals surface area contributed by atoms with E-state index in [-0.39, 0.29) is 6.04 Å². The van der Waals surface area contributed by atoms with Gasteiger partial charge in [-0.15, -0.1) is 0 Å². The summed E-state index contributed by atoms with van der Waals surface area (Å²) in [6.07, 6.45) is 0. The van der Waals surface area contributed by atoms with Crippen molar-refractivity contribution in [3.8, 4) is 0 Å². The highest BCUT2D eigenvalue weighted by Gasteiger charge is 2.21. The maximum atomic E-state index is 6.27. The van der Waals surface area contributed by atoms with Gasteiger partial charge in [0.05, 0.1) is 0 Å². The molecular weight excluding hydrogens is 194 g/mol. The molecule has 0 radical (unpaired) electrons. The summed E-state index contributed by atoms with van der Waals surface area (Å²) in [5.41, 5.74) is 11.8. The number of hydrogen-bond donors (Lipinski definition) is 1. The second kappa shape index (κ2) is 5.01. The molecule has 0 aromatic heterocycles. The van der Waals surface area contributed by atoms with Crippen LogP contribution >= 0.6 is 0 Å². The van der Waals surface area contributed by atoms with E-state index in [4.69, 9.17) is 5.73 Å². The third-order valence-corrected chi connectivity index (χ3v) is 3.54. The Kier molecular flexibility index (Phi) is 4.15. The van der Waals surface area contributed by atoms with E-state index in [1.54, 1.807) is 0 Å². The quantitative estimate of drug-likeness (QED) is 0.824. The van der Waals surface area contributed by atoms with Crippen molar-refractivity contribution in [3.05, 3.63) is 34.4 Å². The maximum absolute atomic E-state index is 6.27. The van der Waals surface area contributed by atoms with Crippen LogP contribution in [0.4, 0.5) is 0 Å². The molecule has 0 fully saturated rings. The first-order valence-electron chi connectivity index (χ1n) is 6.18. The van der Waals surface area contributed by atoms with E-state index in [0.717, 1.165) is 0 Å². The van der Waals surface area contributed by atoms with Crippen molar-refractivity contribution < 1.29 is 0 Å². The van der Waals surface area contributed by atoms with Crippen LogP contribution in [-0.4, -0.2) is 6.04 Å². The molecule has 1 aromatic rings. The Morgan fingerprint density at radius 3 is 1.75 bits per heavy atom. The van der Waals surface area contributed by atoms with Gasteiger partial charge in [0.1, 0.15) is 0 Å². The average molecular weight is 219 g/mol. The monoisotopic (exact) mass is 219 g/mol. The van der Waals surface area contributed by atoms with Crippen LogP contribution in [0.5, 0.6) is 0 Å². The molecule has 2 N–H and O–H groups in total. The summed E-state index contributed by atoms with van der Waals surface area (Å²) >= 11 is 0. The molecule has 0 aliphatic rings. The molecule has 0 amide bonds. The van der Waals surface area contributed by atoms with Crippen molar-refractivity contribution in [2.45, 2.75) is 53.5 Å². The largest absolute Gasteiger partial charge is 0.327 e. The van der Waals surface area contributed by atoms with Crippen molar-refractivity contribution in [2.24, 2.45) is 11.7 Å². The number of aryl methyl sites for hydroxylation is 3. The molecule has 0 spiro atoms. The zero-order valence-corrected chi connectivity index (χ0v) is 11.5. The second-order valence-corrected chi connectivity index (χ2v) is 5.42. The van der Waals surface area contributed by atoms with Crippen LogP contribution in [0.1, 0.15) is 48.9 Å². The third-order valence-electron chi connectivity index (χ3n) is 3.54. The molecule has 0 aliphatic carbocycles. The third kappa shape index (κ3) is 2.65. The second-order valence-electron chi connectivity index (χ2n) is 5.42. The average Bonchev–Trinajstić information content (AvgIpc) is 2.14. The van der Waals surface area contributed by atoms with E-state index in [2.05, 4.69) is 53.7 Å². The first kappa shape index (κ1) is 13.2. The first-order valence-corrected chi connectivity index (χ1v) is 6.18. The molecule has 0 bridgehead atoms. The molecule has 2 atom stereocenters. The van der Waals surface area contributed by atoms with E-state index in [1.165, 1.54) is 22.3 Å². The summed E-state index contributed by atoms with van der Waals surface area (Å²) in [5.74, 6) is 0.954. The van der Waals surface area contributed by atoms with E-state index in [1.807, 2.05) is 0 Å². The predicted molar refractivity (Wildman–Crippen MR) is 71.9 cm³/mol. The molecule has 16 heavy (non-hydrogen) atoms. The van der Waals surface area contributed by atoms with Crippen molar-refractivity contribution >= 4 is 0 Å². The summed E-state index contributed by atoms with van der Waals surface area (Å²) < 4.78 is 0. The Bertz CT molecular complexity index is 343. The molecule has 1 rings (SSSR count). The number of benzene rings is 1. The molecule has 1 nitrogen and oxygen atoms in total. The Hall–Kier alpha value is -0.820. The lowest BCUT2D eigenvalue weighted by Gasteiger charge is -2.27. The lowest BCUT2D eigenvalue weighted by molar-refractivity contribution is 0.432. The molecule has 2 unspecified atom stereocenters. The van der Waals surface area contributed by atoms with E-state index in [0.29, 0.717) is 11.8 Å². The minimum Gasteiger partial charge on any atom is -0.327 e. The molecule has 0 heterocycles. The molecule has 0 aliphatic heterocycles. The van der Waals surface area contributed by atoms with Crippen LogP contribution in [0.2, 0.25) is 0 Å². The van der Waals surface area contributed by atoms with Gasteiger partial charge in [0.25, 0.3) is 0 Å². The van der Waals surface area contributed by atoms with Crippen LogP contribution in [0.3, 0.4) is 0 Å². The first-order chi connectivity index (χ1) is 7.34. The Morgan fingerprint density at radius 1 is 0.938 bits per heavy atom. The van der Waals surface area contributed by atoms with Gasteiger partial charge >= 0.3 is 0 Å². The van der Waals surface area contributed by atoms with Gasteiger partial charge in [0, 0.05) is 6.04 Å². The number of rotatable bonds is 3. The Labute approximate surface area is 100 Å². The summed E-state index contributed by atoms with van der Waals surface area (Å²) in [4.78, 5) is 0. The van der Waals surface area contributed by atoms with Gasteiger partial charge in [0.2, 0.25) is 0 Å². The zero-order valence-electron chi connectivity index (χ0n) is 11.5. The van der Waals surface area contributed by atoms with Crippen LogP contribution in [0.25, 0.3) is 0 Å².